The number of imide groups is 1. The first-order valence-electron chi connectivity index (χ1n) is 10.6. The van der Waals surface area contributed by atoms with E-state index >= 15 is 0 Å². The molecule has 34 heavy (non-hydrogen) atoms. The van der Waals surface area contributed by atoms with Gasteiger partial charge in [0.25, 0.3) is 11.5 Å². The van der Waals surface area contributed by atoms with Gasteiger partial charge in [-0.05, 0) is 24.6 Å². The van der Waals surface area contributed by atoms with Gasteiger partial charge in [0, 0.05) is 23.7 Å². The van der Waals surface area contributed by atoms with Crippen molar-refractivity contribution in [1.29, 1.82) is 0 Å². The van der Waals surface area contributed by atoms with Crippen LogP contribution in [0.25, 0.3) is 10.8 Å². The molecule has 11 nitrogen and oxygen atoms in total. The summed E-state index contributed by atoms with van der Waals surface area (Å²) in [5, 5.41) is 9.33. The molecule has 0 unspecified atom stereocenters. The minimum Gasteiger partial charge on any atom is -0.486 e. The number of nitrogens with one attached hydrogen (secondary N) is 2. The van der Waals surface area contributed by atoms with E-state index in [1.54, 1.807) is 42.5 Å². The number of anilines is 1. The number of benzene rings is 2. The van der Waals surface area contributed by atoms with Crippen LogP contribution in [0.4, 0.5) is 10.5 Å². The fourth-order valence-electron chi connectivity index (χ4n) is 3.39. The SMILES string of the molecule is CCCn1nc(C(=O)OCC(=O)NC(=O)Nc2ccc3c(c2)OCCO3)c2ccccc2c1=O. The molecular weight excluding hydrogens is 444 g/mol. The number of esters is 1. The van der Waals surface area contributed by atoms with Gasteiger partial charge in [-0.2, -0.15) is 5.10 Å². The van der Waals surface area contributed by atoms with E-state index in [2.05, 4.69) is 15.7 Å². The van der Waals surface area contributed by atoms with Crippen LogP contribution in [-0.4, -0.2) is 47.5 Å². The summed E-state index contributed by atoms with van der Waals surface area (Å²) in [7, 11) is 0. The predicted octanol–water partition coefficient (Wildman–Crippen LogP) is 2.08. The molecule has 2 heterocycles. The zero-order valence-electron chi connectivity index (χ0n) is 18.3. The third-order valence-corrected chi connectivity index (χ3v) is 4.88. The third-order valence-electron chi connectivity index (χ3n) is 4.88. The van der Waals surface area contributed by atoms with Gasteiger partial charge >= 0.3 is 12.0 Å². The molecule has 4 rings (SSSR count). The molecule has 176 valence electrons. The van der Waals surface area contributed by atoms with Crippen LogP contribution in [0.3, 0.4) is 0 Å². The largest absolute Gasteiger partial charge is 0.486 e. The number of hydrogen-bond donors (Lipinski definition) is 2. The lowest BCUT2D eigenvalue weighted by atomic mass is 10.1. The molecule has 1 aliphatic rings. The lowest BCUT2D eigenvalue weighted by Crippen LogP contribution is -2.37. The summed E-state index contributed by atoms with van der Waals surface area (Å²) in [6.07, 6.45) is 0.640. The highest BCUT2D eigenvalue weighted by atomic mass is 16.6. The number of carbonyl (C=O) groups is 3. The third kappa shape index (κ3) is 4.98. The first-order valence-corrected chi connectivity index (χ1v) is 10.6. The average molecular weight is 466 g/mol. The van der Waals surface area contributed by atoms with E-state index in [1.807, 2.05) is 6.92 Å². The van der Waals surface area contributed by atoms with Crippen LogP contribution in [0.1, 0.15) is 23.8 Å². The number of nitrogens with zero attached hydrogens (tertiary/aromatic N) is 2. The van der Waals surface area contributed by atoms with Crippen molar-refractivity contribution >= 4 is 34.4 Å². The fourth-order valence-corrected chi connectivity index (χ4v) is 3.39. The number of urea groups is 1. The Morgan fingerprint density at radius 3 is 2.56 bits per heavy atom. The van der Waals surface area contributed by atoms with Crippen LogP contribution in [-0.2, 0) is 16.1 Å². The standard InChI is InChI=1S/C23H22N4O7/c1-2-9-27-21(29)16-6-4-3-5-15(16)20(26-27)22(30)34-13-19(28)25-23(31)24-14-7-8-17-18(12-14)33-11-10-32-17/h3-8,12H,2,9-11,13H2,1H3,(H2,24,25,28,31). The maximum atomic E-state index is 12.6. The molecule has 1 aromatic heterocycles. The molecule has 0 atom stereocenters. The minimum absolute atomic E-state index is 0.0859. The van der Waals surface area contributed by atoms with Gasteiger partial charge in [0.1, 0.15) is 13.2 Å². The molecule has 3 aromatic rings. The van der Waals surface area contributed by atoms with Crippen LogP contribution in [0.2, 0.25) is 0 Å². The fraction of sp³-hybridized carbons (Fsp3) is 0.261. The monoisotopic (exact) mass is 466 g/mol. The van der Waals surface area contributed by atoms with E-state index in [-0.39, 0.29) is 11.3 Å². The van der Waals surface area contributed by atoms with Crippen molar-refractivity contribution in [1.82, 2.24) is 15.1 Å². The second kappa shape index (κ2) is 10.0. The van der Waals surface area contributed by atoms with Crippen molar-refractivity contribution in [3.8, 4) is 11.5 Å². The molecule has 2 N–H and O–H groups in total. The van der Waals surface area contributed by atoms with Crippen molar-refractivity contribution in [2.24, 2.45) is 0 Å². The Balaban J connectivity index is 1.38. The summed E-state index contributed by atoms with van der Waals surface area (Å²) in [4.78, 5) is 49.4. The summed E-state index contributed by atoms with van der Waals surface area (Å²) < 4.78 is 17.1. The van der Waals surface area contributed by atoms with Gasteiger partial charge in [-0.3, -0.25) is 14.9 Å². The van der Waals surface area contributed by atoms with Crippen LogP contribution >= 0.6 is 0 Å². The van der Waals surface area contributed by atoms with Crippen molar-refractivity contribution < 1.29 is 28.6 Å². The molecular formula is C23H22N4O7. The van der Waals surface area contributed by atoms with Crippen molar-refractivity contribution in [2.75, 3.05) is 25.1 Å². The Labute approximate surface area is 193 Å². The Morgan fingerprint density at radius 1 is 1.06 bits per heavy atom. The van der Waals surface area contributed by atoms with Gasteiger partial charge in [0.2, 0.25) is 0 Å². The number of aromatic nitrogens is 2. The molecule has 11 heteroatoms. The summed E-state index contributed by atoms with van der Waals surface area (Å²) >= 11 is 0. The number of hydrogen-bond acceptors (Lipinski definition) is 8. The zero-order valence-corrected chi connectivity index (χ0v) is 18.3. The number of rotatable bonds is 6. The normalized spacial score (nSPS) is 12.1. The summed E-state index contributed by atoms with van der Waals surface area (Å²) in [5.41, 5.74) is -0.0138. The van der Waals surface area contributed by atoms with Crippen molar-refractivity contribution in [2.45, 2.75) is 19.9 Å². The van der Waals surface area contributed by atoms with Gasteiger partial charge in [-0.25, -0.2) is 14.3 Å². The number of amides is 3. The van der Waals surface area contributed by atoms with Gasteiger partial charge in [0.15, 0.2) is 23.8 Å². The quantitative estimate of drug-likeness (QED) is 0.527. The second-order valence-electron chi connectivity index (χ2n) is 7.36. The molecule has 0 saturated heterocycles. The molecule has 2 aromatic carbocycles. The molecule has 0 saturated carbocycles. The van der Waals surface area contributed by atoms with Crippen LogP contribution in [0, 0.1) is 0 Å². The van der Waals surface area contributed by atoms with Crippen molar-refractivity contribution in [3.05, 3.63) is 58.5 Å². The molecule has 0 fully saturated rings. The highest BCUT2D eigenvalue weighted by Crippen LogP contribution is 2.32. The summed E-state index contributed by atoms with van der Waals surface area (Å²) in [6.45, 7) is 2.33. The minimum atomic E-state index is -0.886. The number of fused-ring (bicyclic) bond motifs is 2. The highest BCUT2D eigenvalue weighted by molar-refractivity contribution is 6.04. The Morgan fingerprint density at radius 2 is 1.79 bits per heavy atom. The number of aryl methyl sites for hydroxylation is 1. The summed E-state index contributed by atoms with van der Waals surface area (Å²) in [6, 6.07) is 10.5. The maximum absolute atomic E-state index is 12.6. The lowest BCUT2D eigenvalue weighted by Gasteiger charge is -2.19. The first kappa shape index (κ1) is 22.8. The summed E-state index contributed by atoms with van der Waals surface area (Å²) in [5.74, 6) is -0.682. The molecule has 0 bridgehead atoms. The van der Waals surface area contributed by atoms with Gasteiger partial charge in [-0.1, -0.05) is 25.1 Å². The van der Waals surface area contributed by atoms with E-state index in [1.165, 1.54) is 4.68 Å². The van der Waals surface area contributed by atoms with E-state index in [0.717, 1.165) is 0 Å². The molecule has 0 spiro atoms. The van der Waals surface area contributed by atoms with Gasteiger partial charge in [-0.15, -0.1) is 0 Å². The topological polar surface area (TPSA) is 138 Å². The molecule has 0 aliphatic carbocycles. The first-order chi connectivity index (χ1) is 16.5. The zero-order chi connectivity index (χ0) is 24.1. The van der Waals surface area contributed by atoms with Crippen LogP contribution < -0.4 is 25.7 Å². The molecule has 0 radical (unpaired) electrons. The van der Waals surface area contributed by atoms with Gasteiger partial charge in [0.05, 0.1) is 5.39 Å². The lowest BCUT2D eigenvalue weighted by molar-refractivity contribution is -0.123. The molecule has 1 aliphatic heterocycles. The number of carbonyl (C=O) groups excluding carboxylic acids is 3. The van der Waals surface area contributed by atoms with Crippen LogP contribution in [0.15, 0.2) is 47.3 Å². The van der Waals surface area contributed by atoms with E-state index in [9.17, 15) is 19.2 Å². The van der Waals surface area contributed by atoms with Gasteiger partial charge < -0.3 is 19.5 Å². The second-order valence-corrected chi connectivity index (χ2v) is 7.36. The maximum Gasteiger partial charge on any atom is 0.359 e. The van der Waals surface area contributed by atoms with E-state index in [4.69, 9.17) is 14.2 Å². The number of ether oxygens (including phenoxy) is 3. The smallest absolute Gasteiger partial charge is 0.359 e. The van der Waals surface area contributed by atoms with Crippen molar-refractivity contribution in [3.63, 3.8) is 0 Å². The van der Waals surface area contributed by atoms with Crippen LogP contribution in [0.5, 0.6) is 11.5 Å². The highest BCUT2D eigenvalue weighted by Gasteiger charge is 2.20. The Hall–Kier alpha value is -4.41. The average Bonchev–Trinajstić information content (AvgIpc) is 2.84. The molecule has 3 amide bonds. The predicted molar refractivity (Wildman–Crippen MR) is 121 cm³/mol. The van der Waals surface area contributed by atoms with E-state index < -0.39 is 24.5 Å². The van der Waals surface area contributed by atoms with E-state index in [0.29, 0.717) is 54.1 Å². The Kier molecular flexibility index (Phi) is 6.72. The Bertz CT molecular complexity index is 1320.